The van der Waals surface area contributed by atoms with Gasteiger partial charge in [-0.1, -0.05) is 121 Å². The predicted octanol–water partition coefficient (Wildman–Crippen LogP) is 13.7. The van der Waals surface area contributed by atoms with Crippen LogP contribution in [-0.2, 0) is 0 Å². The van der Waals surface area contributed by atoms with Crippen molar-refractivity contribution in [3.05, 3.63) is 158 Å². The zero-order valence-corrected chi connectivity index (χ0v) is 29.7. The van der Waals surface area contributed by atoms with E-state index in [1.165, 1.54) is 73.0 Å². The predicted molar refractivity (Wildman–Crippen MR) is 225 cm³/mol. The van der Waals surface area contributed by atoms with Crippen LogP contribution in [0.4, 0.5) is 17.3 Å². The first-order chi connectivity index (χ1) is 26.3. The van der Waals surface area contributed by atoms with Crippen LogP contribution < -0.4 is 4.90 Å². The molecule has 12 rings (SSSR count). The Morgan fingerprint density at radius 3 is 1.57 bits per heavy atom. The van der Waals surface area contributed by atoms with Gasteiger partial charge in [0, 0.05) is 62.4 Å². The van der Waals surface area contributed by atoms with E-state index in [1.54, 1.807) is 0 Å². The van der Waals surface area contributed by atoms with Crippen LogP contribution in [0, 0.1) is 0 Å². The van der Waals surface area contributed by atoms with E-state index in [4.69, 9.17) is 15.0 Å². The van der Waals surface area contributed by atoms with Gasteiger partial charge in [0.15, 0.2) is 11.6 Å². The Kier molecular flexibility index (Phi) is 6.06. The number of anilines is 3. The SMILES string of the molecule is c1ccc2c3c(ccc2c1)N(c1nc(-c2cccc4sc5ccccc5c24)nc(-c2cccc4sc5ccccc5c24)n1)c1cccc2cccc-3c12. The summed E-state index contributed by atoms with van der Waals surface area (Å²) in [6.45, 7) is 0. The minimum atomic E-state index is 0.594. The molecule has 8 aromatic carbocycles. The molecule has 0 fully saturated rings. The molecule has 4 nitrogen and oxygen atoms in total. The van der Waals surface area contributed by atoms with Crippen molar-refractivity contribution < 1.29 is 0 Å². The van der Waals surface area contributed by atoms with E-state index in [9.17, 15) is 0 Å². The Hall–Kier alpha value is -6.47. The van der Waals surface area contributed by atoms with E-state index in [2.05, 4.69) is 163 Å². The summed E-state index contributed by atoms with van der Waals surface area (Å²) < 4.78 is 4.93. The Bertz CT molecular complexity index is 3180. The maximum atomic E-state index is 5.47. The topological polar surface area (TPSA) is 41.9 Å². The first kappa shape index (κ1) is 29.1. The monoisotopic (exact) mass is 710 g/mol. The van der Waals surface area contributed by atoms with Crippen LogP contribution in [0.5, 0.6) is 0 Å². The normalized spacial score (nSPS) is 12.5. The number of thiophene rings is 2. The molecular weight excluding hydrogens is 685 g/mol. The van der Waals surface area contributed by atoms with Gasteiger partial charge in [-0.25, -0.2) is 4.98 Å². The number of fused-ring (bicyclic) bond motifs is 10. The van der Waals surface area contributed by atoms with E-state index in [-0.39, 0.29) is 0 Å². The van der Waals surface area contributed by atoms with Crippen LogP contribution in [0.3, 0.4) is 0 Å². The molecule has 53 heavy (non-hydrogen) atoms. The molecule has 0 atom stereocenters. The third-order valence-corrected chi connectivity index (χ3v) is 12.9. The summed E-state index contributed by atoms with van der Waals surface area (Å²) in [6.07, 6.45) is 0. The zero-order chi connectivity index (χ0) is 34.6. The molecule has 0 bridgehead atoms. The first-order valence-electron chi connectivity index (χ1n) is 17.7. The lowest BCUT2D eigenvalue weighted by Crippen LogP contribution is -2.19. The summed E-state index contributed by atoms with van der Waals surface area (Å²) in [5.41, 5.74) is 6.52. The average molecular weight is 711 g/mol. The Morgan fingerprint density at radius 2 is 0.887 bits per heavy atom. The average Bonchev–Trinajstić information content (AvgIpc) is 3.79. The second-order valence-corrected chi connectivity index (χ2v) is 15.7. The summed E-state index contributed by atoms with van der Waals surface area (Å²) in [4.78, 5) is 18.6. The van der Waals surface area contributed by atoms with Crippen molar-refractivity contribution in [1.29, 1.82) is 0 Å². The highest BCUT2D eigenvalue weighted by molar-refractivity contribution is 7.26. The van der Waals surface area contributed by atoms with Crippen molar-refractivity contribution in [2.24, 2.45) is 0 Å². The van der Waals surface area contributed by atoms with Crippen LogP contribution >= 0.6 is 22.7 Å². The van der Waals surface area contributed by atoms with Gasteiger partial charge in [-0.2, -0.15) is 9.97 Å². The van der Waals surface area contributed by atoms with Crippen molar-refractivity contribution >= 4 is 102 Å². The van der Waals surface area contributed by atoms with Crippen molar-refractivity contribution in [2.45, 2.75) is 0 Å². The lowest BCUT2D eigenvalue weighted by molar-refractivity contribution is 1.03. The summed E-state index contributed by atoms with van der Waals surface area (Å²) in [6, 6.07) is 56.5. The molecule has 0 aliphatic carbocycles. The third-order valence-electron chi connectivity index (χ3n) is 10.7. The molecule has 246 valence electrons. The second-order valence-electron chi connectivity index (χ2n) is 13.5. The molecule has 1 aliphatic heterocycles. The van der Waals surface area contributed by atoms with Gasteiger partial charge in [-0.05, 0) is 58.1 Å². The summed E-state index contributed by atoms with van der Waals surface area (Å²) in [5.74, 6) is 1.91. The number of aromatic nitrogens is 3. The minimum Gasteiger partial charge on any atom is -0.278 e. The molecule has 11 aromatic rings. The van der Waals surface area contributed by atoms with Gasteiger partial charge in [-0.15, -0.1) is 22.7 Å². The quantitative estimate of drug-likeness (QED) is 0.183. The van der Waals surface area contributed by atoms with E-state index in [0.717, 1.165) is 22.5 Å². The van der Waals surface area contributed by atoms with Crippen molar-refractivity contribution in [3.63, 3.8) is 0 Å². The lowest BCUT2D eigenvalue weighted by Gasteiger charge is -2.33. The fraction of sp³-hybridized carbons (Fsp3) is 0. The Morgan fingerprint density at radius 1 is 0.358 bits per heavy atom. The van der Waals surface area contributed by atoms with E-state index in [0.29, 0.717) is 17.6 Å². The van der Waals surface area contributed by atoms with Crippen molar-refractivity contribution in [1.82, 2.24) is 15.0 Å². The maximum Gasteiger partial charge on any atom is 0.238 e. The van der Waals surface area contributed by atoms with Gasteiger partial charge < -0.3 is 0 Å². The molecule has 0 saturated carbocycles. The van der Waals surface area contributed by atoms with Crippen molar-refractivity contribution in [2.75, 3.05) is 4.90 Å². The molecule has 0 unspecified atom stereocenters. The van der Waals surface area contributed by atoms with Gasteiger partial charge >= 0.3 is 0 Å². The van der Waals surface area contributed by atoms with Crippen LogP contribution in [0.2, 0.25) is 0 Å². The Labute approximate surface area is 311 Å². The molecule has 3 aromatic heterocycles. The van der Waals surface area contributed by atoms with E-state index >= 15 is 0 Å². The number of rotatable bonds is 3. The molecule has 4 heterocycles. The third kappa shape index (κ3) is 4.19. The van der Waals surface area contributed by atoms with Crippen LogP contribution in [-0.4, -0.2) is 15.0 Å². The van der Waals surface area contributed by atoms with Crippen molar-refractivity contribution in [3.8, 4) is 33.9 Å². The molecule has 0 saturated heterocycles. The summed E-state index contributed by atoms with van der Waals surface area (Å²) in [5, 5.41) is 9.56. The molecule has 0 N–H and O–H groups in total. The molecule has 1 aliphatic rings. The second kappa shape index (κ2) is 11.0. The molecular formula is C47H26N4S2. The number of nitrogens with zero attached hydrogens (tertiary/aromatic N) is 4. The van der Waals surface area contributed by atoms with E-state index in [1.807, 2.05) is 22.7 Å². The van der Waals surface area contributed by atoms with Gasteiger partial charge in [-0.3, -0.25) is 4.90 Å². The summed E-state index contributed by atoms with van der Waals surface area (Å²) in [7, 11) is 0. The van der Waals surface area contributed by atoms with Gasteiger partial charge in [0.05, 0.1) is 11.4 Å². The standard InChI is InChI=1S/C47H26N4S2/c1-2-14-29-27(11-1)25-26-36-42(29)32-17-7-12-28-13-8-20-35(41(28)32)51(36)47-49-45(33-18-9-23-39-43(33)30-15-3-5-21-37(30)52-39)48-46(50-47)34-19-10-24-40-44(34)31-16-4-6-22-38(31)53-40/h1-26H. The minimum absolute atomic E-state index is 0.594. The number of benzene rings is 8. The number of hydrogen-bond acceptors (Lipinski definition) is 6. The molecule has 0 amide bonds. The lowest BCUT2D eigenvalue weighted by atomic mass is 9.88. The zero-order valence-electron chi connectivity index (χ0n) is 28.1. The molecule has 0 spiro atoms. The number of hydrogen-bond donors (Lipinski definition) is 0. The largest absolute Gasteiger partial charge is 0.278 e. The smallest absolute Gasteiger partial charge is 0.238 e. The van der Waals surface area contributed by atoms with E-state index < -0.39 is 0 Å². The highest BCUT2D eigenvalue weighted by atomic mass is 32.1. The molecule has 0 radical (unpaired) electrons. The van der Waals surface area contributed by atoms with Crippen LogP contribution in [0.25, 0.3) is 95.8 Å². The van der Waals surface area contributed by atoms with Crippen LogP contribution in [0.15, 0.2) is 158 Å². The highest BCUT2D eigenvalue weighted by Crippen LogP contribution is 2.53. The maximum absolute atomic E-state index is 5.47. The fourth-order valence-electron chi connectivity index (χ4n) is 8.42. The summed E-state index contributed by atoms with van der Waals surface area (Å²) >= 11 is 3.62. The van der Waals surface area contributed by atoms with Gasteiger partial charge in [0.2, 0.25) is 5.95 Å². The molecule has 6 heteroatoms. The van der Waals surface area contributed by atoms with Gasteiger partial charge in [0.25, 0.3) is 0 Å². The van der Waals surface area contributed by atoms with Crippen LogP contribution in [0.1, 0.15) is 0 Å². The first-order valence-corrected chi connectivity index (χ1v) is 19.3. The van der Waals surface area contributed by atoms with Gasteiger partial charge in [0.1, 0.15) is 0 Å². The highest BCUT2D eigenvalue weighted by Gasteiger charge is 2.30. The fourth-order valence-corrected chi connectivity index (χ4v) is 10.7. The Balaban J connectivity index is 1.21.